The lowest BCUT2D eigenvalue weighted by Gasteiger charge is -2.26. The molecule has 0 bridgehead atoms. The number of hydrogen-bond acceptors (Lipinski definition) is 4. The molecule has 2 saturated heterocycles. The van der Waals surface area contributed by atoms with Gasteiger partial charge in [0.15, 0.2) is 0 Å². The highest BCUT2D eigenvalue weighted by Crippen LogP contribution is 2.20. The quantitative estimate of drug-likeness (QED) is 0.852. The summed E-state index contributed by atoms with van der Waals surface area (Å²) in [7, 11) is 0. The molecule has 1 unspecified atom stereocenters. The average molecular weight is 368 g/mol. The third kappa shape index (κ3) is 4.93. The Morgan fingerprint density at radius 3 is 2.32 bits per heavy atom. The van der Waals surface area contributed by atoms with E-state index in [0.717, 1.165) is 38.8 Å². The van der Waals surface area contributed by atoms with Crippen molar-refractivity contribution >= 4 is 29.9 Å². The number of anilines is 1. The fourth-order valence-corrected chi connectivity index (χ4v) is 3.31. The molecule has 3 N–H and O–H groups in total. The van der Waals surface area contributed by atoms with Crippen LogP contribution >= 0.6 is 12.4 Å². The summed E-state index contributed by atoms with van der Waals surface area (Å²) in [6.45, 7) is 2.99. The molecular weight excluding hydrogens is 342 g/mol. The van der Waals surface area contributed by atoms with E-state index in [-0.39, 0.29) is 30.1 Å². The normalized spacial score (nSPS) is 19.2. The molecule has 2 amide bonds. The molecule has 0 aliphatic carbocycles. The molecule has 2 aliphatic heterocycles. The van der Waals surface area contributed by atoms with E-state index in [2.05, 4.69) is 5.32 Å². The molecule has 1 aromatic carbocycles. The highest BCUT2D eigenvalue weighted by molar-refractivity contribution is 5.97. The fraction of sp³-hybridized carbons (Fsp3) is 0.556. The van der Waals surface area contributed by atoms with Gasteiger partial charge in [-0.1, -0.05) is 0 Å². The van der Waals surface area contributed by atoms with Crippen LogP contribution in [0.1, 0.15) is 36.0 Å². The largest absolute Gasteiger partial charge is 0.381 e. The molecule has 1 atom stereocenters. The molecule has 138 valence electrons. The number of benzene rings is 1. The Labute approximate surface area is 154 Å². The van der Waals surface area contributed by atoms with Gasteiger partial charge < -0.3 is 20.7 Å². The van der Waals surface area contributed by atoms with Gasteiger partial charge in [-0.25, -0.2) is 0 Å². The molecular formula is C18H26ClN3O3. The van der Waals surface area contributed by atoms with E-state index >= 15 is 0 Å². The molecule has 25 heavy (non-hydrogen) atoms. The third-order valence-corrected chi connectivity index (χ3v) is 4.87. The lowest BCUT2D eigenvalue weighted by Crippen LogP contribution is -2.44. The highest BCUT2D eigenvalue weighted by atomic mass is 35.5. The van der Waals surface area contributed by atoms with Gasteiger partial charge in [-0.05, 0) is 55.9 Å². The van der Waals surface area contributed by atoms with Gasteiger partial charge in [0, 0.05) is 37.6 Å². The van der Waals surface area contributed by atoms with Crippen LogP contribution in [0.2, 0.25) is 0 Å². The lowest BCUT2D eigenvalue weighted by atomic mass is 9.92. The van der Waals surface area contributed by atoms with Gasteiger partial charge in [0.1, 0.15) is 0 Å². The fourth-order valence-electron chi connectivity index (χ4n) is 3.31. The molecule has 1 aromatic rings. The van der Waals surface area contributed by atoms with E-state index in [1.54, 1.807) is 24.3 Å². The second kappa shape index (κ2) is 9.17. The SMILES string of the molecule is Cl.NC(C(=O)Nc1ccc(C(=O)N2CCCC2)cc1)C1CCOCC1. The Bertz CT molecular complexity index is 582. The number of nitrogens with one attached hydrogen (secondary N) is 1. The Hall–Kier alpha value is -1.63. The molecule has 0 radical (unpaired) electrons. The van der Waals surface area contributed by atoms with Crippen LogP contribution in [-0.2, 0) is 9.53 Å². The second-order valence-electron chi connectivity index (χ2n) is 6.54. The molecule has 0 saturated carbocycles. The minimum atomic E-state index is -0.528. The summed E-state index contributed by atoms with van der Waals surface area (Å²) in [6, 6.07) is 6.52. The second-order valence-corrected chi connectivity index (χ2v) is 6.54. The highest BCUT2D eigenvalue weighted by Gasteiger charge is 2.26. The number of carbonyl (C=O) groups is 2. The van der Waals surface area contributed by atoms with E-state index in [1.165, 1.54) is 0 Å². The maximum Gasteiger partial charge on any atom is 0.253 e. The number of halogens is 1. The summed E-state index contributed by atoms with van der Waals surface area (Å²) in [6.07, 6.45) is 3.78. The number of nitrogens with zero attached hydrogens (tertiary/aromatic N) is 1. The van der Waals surface area contributed by atoms with E-state index in [1.807, 2.05) is 4.90 Å². The summed E-state index contributed by atoms with van der Waals surface area (Å²) in [5.41, 5.74) is 7.40. The zero-order chi connectivity index (χ0) is 16.9. The van der Waals surface area contributed by atoms with E-state index in [9.17, 15) is 9.59 Å². The predicted octanol–water partition coefficient (Wildman–Crippen LogP) is 2.04. The number of hydrogen-bond donors (Lipinski definition) is 2. The maximum absolute atomic E-state index is 12.3. The Morgan fingerprint density at radius 2 is 1.72 bits per heavy atom. The van der Waals surface area contributed by atoms with Gasteiger partial charge in [0.25, 0.3) is 5.91 Å². The van der Waals surface area contributed by atoms with Crippen molar-refractivity contribution in [3.05, 3.63) is 29.8 Å². The van der Waals surface area contributed by atoms with Crippen LogP contribution in [0.25, 0.3) is 0 Å². The van der Waals surface area contributed by atoms with Crippen molar-refractivity contribution < 1.29 is 14.3 Å². The maximum atomic E-state index is 12.3. The van der Waals surface area contributed by atoms with Gasteiger partial charge in [0.05, 0.1) is 6.04 Å². The molecule has 6 nitrogen and oxygen atoms in total. The van der Waals surface area contributed by atoms with E-state index in [4.69, 9.17) is 10.5 Å². The number of amides is 2. The summed E-state index contributed by atoms with van der Waals surface area (Å²) in [4.78, 5) is 26.5. The van der Waals surface area contributed by atoms with Crippen LogP contribution in [0.3, 0.4) is 0 Å². The van der Waals surface area contributed by atoms with Gasteiger partial charge in [-0.3, -0.25) is 9.59 Å². The van der Waals surface area contributed by atoms with Gasteiger partial charge >= 0.3 is 0 Å². The van der Waals surface area contributed by atoms with Gasteiger partial charge in [-0.2, -0.15) is 0 Å². The number of carbonyl (C=O) groups excluding carboxylic acids is 2. The molecule has 2 heterocycles. The van der Waals surface area contributed by atoms with Crippen molar-refractivity contribution in [2.24, 2.45) is 11.7 Å². The first kappa shape index (κ1) is 19.7. The molecule has 0 aromatic heterocycles. The first-order chi connectivity index (χ1) is 11.6. The van der Waals surface area contributed by atoms with Crippen LogP contribution in [0.15, 0.2) is 24.3 Å². The monoisotopic (exact) mass is 367 g/mol. The minimum absolute atomic E-state index is 0. The predicted molar refractivity (Wildman–Crippen MR) is 99.0 cm³/mol. The van der Waals surface area contributed by atoms with Crippen molar-refractivity contribution in [3.8, 4) is 0 Å². The number of ether oxygens (including phenoxy) is 1. The van der Waals surface area contributed by atoms with E-state index in [0.29, 0.717) is 24.5 Å². The van der Waals surface area contributed by atoms with Crippen LogP contribution in [0, 0.1) is 5.92 Å². The zero-order valence-corrected chi connectivity index (χ0v) is 15.1. The third-order valence-electron chi connectivity index (χ3n) is 4.87. The van der Waals surface area contributed by atoms with E-state index < -0.39 is 6.04 Å². The van der Waals surface area contributed by atoms with Gasteiger partial charge in [-0.15, -0.1) is 12.4 Å². The smallest absolute Gasteiger partial charge is 0.253 e. The average Bonchev–Trinajstić information content (AvgIpc) is 3.16. The van der Waals surface area contributed by atoms with Crippen molar-refractivity contribution in [2.75, 3.05) is 31.6 Å². The molecule has 3 rings (SSSR count). The lowest BCUT2D eigenvalue weighted by molar-refractivity contribution is -0.119. The van der Waals surface area contributed by atoms with Crippen molar-refractivity contribution in [1.82, 2.24) is 4.90 Å². The Balaban J connectivity index is 0.00000225. The van der Waals surface area contributed by atoms with Gasteiger partial charge in [0.2, 0.25) is 5.91 Å². The first-order valence-electron chi connectivity index (χ1n) is 8.68. The van der Waals surface area contributed by atoms with Crippen molar-refractivity contribution in [3.63, 3.8) is 0 Å². The molecule has 2 aliphatic rings. The minimum Gasteiger partial charge on any atom is -0.381 e. The van der Waals surface area contributed by atoms with Crippen LogP contribution in [-0.4, -0.2) is 49.1 Å². The van der Waals surface area contributed by atoms with Crippen LogP contribution in [0.5, 0.6) is 0 Å². The Kier molecular flexibility index (Phi) is 7.23. The molecule has 2 fully saturated rings. The first-order valence-corrected chi connectivity index (χ1v) is 8.68. The standard InChI is InChI=1S/C18H25N3O3.ClH/c19-16(13-7-11-24-12-8-13)17(22)20-15-5-3-14(4-6-15)18(23)21-9-1-2-10-21;/h3-6,13,16H,1-2,7-12,19H2,(H,20,22);1H. The Morgan fingerprint density at radius 1 is 1.12 bits per heavy atom. The topological polar surface area (TPSA) is 84.7 Å². The molecule has 7 heteroatoms. The summed E-state index contributed by atoms with van der Waals surface area (Å²) < 4.78 is 5.30. The van der Waals surface area contributed by atoms with Crippen LogP contribution in [0.4, 0.5) is 5.69 Å². The number of rotatable bonds is 4. The summed E-state index contributed by atoms with van der Waals surface area (Å²) in [5, 5.41) is 2.85. The zero-order valence-electron chi connectivity index (χ0n) is 14.3. The number of likely N-dealkylation sites (tertiary alicyclic amines) is 1. The molecule has 0 spiro atoms. The summed E-state index contributed by atoms with van der Waals surface area (Å²) in [5.74, 6) is 0.0413. The van der Waals surface area contributed by atoms with Crippen LogP contribution < -0.4 is 11.1 Å². The number of nitrogens with two attached hydrogens (primary N) is 1. The van der Waals surface area contributed by atoms with Crippen molar-refractivity contribution in [2.45, 2.75) is 31.7 Å². The summed E-state index contributed by atoms with van der Waals surface area (Å²) >= 11 is 0. The van der Waals surface area contributed by atoms with Crippen molar-refractivity contribution in [1.29, 1.82) is 0 Å².